The Hall–Kier alpha value is -2.91. The molecule has 7 nitrogen and oxygen atoms in total. The number of hydrogen-bond donors (Lipinski definition) is 2. The number of nitrogens with zero attached hydrogens (tertiary/aromatic N) is 3. The van der Waals surface area contributed by atoms with E-state index in [2.05, 4.69) is 20.7 Å². The predicted molar refractivity (Wildman–Crippen MR) is 93.1 cm³/mol. The van der Waals surface area contributed by atoms with Crippen molar-refractivity contribution in [1.82, 2.24) is 25.4 Å². The highest BCUT2D eigenvalue weighted by molar-refractivity contribution is 5.95. The van der Waals surface area contributed by atoms with Crippen LogP contribution in [0.4, 0.5) is 13.2 Å². The van der Waals surface area contributed by atoms with E-state index >= 15 is 0 Å². The summed E-state index contributed by atoms with van der Waals surface area (Å²) < 4.78 is 40.0. The van der Waals surface area contributed by atoms with Gasteiger partial charge in [-0.1, -0.05) is 6.07 Å². The lowest BCUT2D eigenvalue weighted by Crippen LogP contribution is -2.33. The normalized spacial score (nSPS) is 16.4. The number of nitrogens with one attached hydrogen (secondary N) is 2. The number of aryl methyl sites for hydroxylation is 1. The molecule has 28 heavy (non-hydrogen) atoms. The largest absolute Gasteiger partial charge is 0.433 e. The average molecular weight is 395 g/mol. The quantitative estimate of drug-likeness (QED) is 0.810. The maximum atomic E-state index is 12.7. The molecule has 0 radical (unpaired) electrons. The monoisotopic (exact) mass is 395 g/mol. The molecular formula is C18H20F3N5O2. The van der Waals surface area contributed by atoms with Gasteiger partial charge >= 0.3 is 6.18 Å². The summed E-state index contributed by atoms with van der Waals surface area (Å²) in [6.07, 6.45) is -1.64. The topological polar surface area (TPSA) is 88.9 Å². The Kier molecular flexibility index (Phi) is 5.66. The van der Waals surface area contributed by atoms with E-state index in [9.17, 15) is 22.8 Å². The van der Waals surface area contributed by atoms with Gasteiger partial charge in [-0.3, -0.25) is 14.3 Å². The van der Waals surface area contributed by atoms with Crippen molar-refractivity contribution in [3.8, 4) is 0 Å². The van der Waals surface area contributed by atoms with Gasteiger partial charge in [-0.05, 0) is 30.9 Å². The molecule has 3 heterocycles. The molecule has 2 N–H and O–H groups in total. The predicted octanol–water partition coefficient (Wildman–Crippen LogP) is 1.93. The Bertz CT molecular complexity index is 878. The molecule has 2 amide bonds. The molecule has 1 atom stereocenters. The SMILES string of the molecule is CC(=O)NCC1CCn2ncc(C(=O)NCc3cccc(C(F)(F)F)n3)c2C1. The third kappa shape index (κ3) is 4.68. The Morgan fingerprint density at radius 3 is 2.79 bits per heavy atom. The van der Waals surface area contributed by atoms with E-state index in [1.165, 1.54) is 25.3 Å². The van der Waals surface area contributed by atoms with E-state index in [4.69, 9.17) is 0 Å². The van der Waals surface area contributed by atoms with Crippen LogP contribution >= 0.6 is 0 Å². The van der Waals surface area contributed by atoms with E-state index < -0.39 is 17.8 Å². The molecule has 0 aliphatic carbocycles. The minimum absolute atomic E-state index is 0.106. The molecule has 3 rings (SSSR count). The summed E-state index contributed by atoms with van der Waals surface area (Å²) >= 11 is 0. The van der Waals surface area contributed by atoms with E-state index in [1.54, 1.807) is 4.68 Å². The zero-order valence-electron chi connectivity index (χ0n) is 15.2. The molecule has 0 aromatic carbocycles. The van der Waals surface area contributed by atoms with Crippen molar-refractivity contribution in [3.05, 3.63) is 47.0 Å². The van der Waals surface area contributed by atoms with Gasteiger partial charge in [0.05, 0.1) is 29.7 Å². The second-order valence-electron chi connectivity index (χ2n) is 6.72. The fraction of sp³-hybridized carbons (Fsp3) is 0.444. The number of hydrogen-bond acceptors (Lipinski definition) is 4. The summed E-state index contributed by atoms with van der Waals surface area (Å²) in [5.41, 5.74) is 0.270. The summed E-state index contributed by atoms with van der Waals surface area (Å²) in [5, 5.41) is 9.60. The van der Waals surface area contributed by atoms with Crippen molar-refractivity contribution < 1.29 is 22.8 Å². The van der Waals surface area contributed by atoms with Gasteiger partial charge in [0.25, 0.3) is 5.91 Å². The first kappa shape index (κ1) is 19.8. The lowest BCUT2D eigenvalue weighted by Gasteiger charge is -2.24. The van der Waals surface area contributed by atoms with Gasteiger partial charge in [-0.2, -0.15) is 18.3 Å². The first-order chi connectivity index (χ1) is 13.2. The van der Waals surface area contributed by atoms with E-state index in [0.29, 0.717) is 25.1 Å². The fourth-order valence-corrected chi connectivity index (χ4v) is 3.15. The zero-order chi connectivity index (χ0) is 20.3. The van der Waals surface area contributed by atoms with Crippen molar-refractivity contribution in [2.24, 2.45) is 5.92 Å². The summed E-state index contributed by atoms with van der Waals surface area (Å²) in [7, 11) is 0. The van der Waals surface area contributed by atoms with Crippen LogP contribution in [0.15, 0.2) is 24.4 Å². The fourth-order valence-electron chi connectivity index (χ4n) is 3.15. The van der Waals surface area contributed by atoms with Gasteiger partial charge in [0.2, 0.25) is 5.91 Å². The van der Waals surface area contributed by atoms with Crippen LogP contribution in [0.2, 0.25) is 0 Å². The van der Waals surface area contributed by atoms with Gasteiger partial charge in [-0.25, -0.2) is 4.98 Å². The minimum Gasteiger partial charge on any atom is -0.356 e. The van der Waals surface area contributed by atoms with Crippen molar-refractivity contribution in [2.75, 3.05) is 6.54 Å². The Balaban J connectivity index is 1.65. The van der Waals surface area contributed by atoms with Crippen molar-refractivity contribution in [2.45, 2.75) is 39.0 Å². The highest BCUT2D eigenvalue weighted by Crippen LogP contribution is 2.27. The maximum absolute atomic E-state index is 12.7. The number of alkyl halides is 3. The molecule has 1 unspecified atom stereocenters. The van der Waals surface area contributed by atoms with E-state index in [-0.39, 0.29) is 24.1 Å². The van der Waals surface area contributed by atoms with Gasteiger partial charge in [0, 0.05) is 20.0 Å². The number of fused-ring (bicyclic) bond motifs is 1. The first-order valence-electron chi connectivity index (χ1n) is 8.84. The molecule has 2 aromatic heterocycles. The number of halogens is 3. The van der Waals surface area contributed by atoms with Gasteiger partial charge in [0.1, 0.15) is 5.69 Å². The van der Waals surface area contributed by atoms with Gasteiger partial charge < -0.3 is 10.6 Å². The van der Waals surface area contributed by atoms with E-state index in [0.717, 1.165) is 18.2 Å². The molecule has 150 valence electrons. The smallest absolute Gasteiger partial charge is 0.356 e. The number of rotatable bonds is 5. The van der Waals surface area contributed by atoms with Crippen LogP contribution in [0.1, 0.15) is 40.8 Å². The summed E-state index contributed by atoms with van der Waals surface area (Å²) in [6, 6.07) is 3.56. The third-order valence-electron chi connectivity index (χ3n) is 4.59. The minimum atomic E-state index is -4.53. The van der Waals surface area contributed by atoms with Crippen LogP contribution in [0.25, 0.3) is 0 Å². The summed E-state index contributed by atoms with van der Waals surface area (Å²) in [4.78, 5) is 27.2. The maximum Gasteiger partial charge on any atom is 0.433 e. The Morgan fingerprint density at radius 2 is 2.07 bits per heavy atom. The van der Waals surface area contributed by atoms with Crippen molar-refractivity contribution in [3.63, 3.8) is 0 Å². The Labute approximate surface area is 159 Å². The van der Waals surface area contributed by atoms with Crippen LogP contribution < -0.4 is 10.6 Å². The average Bonchev–Trinajstić information content (AvgIpc) is 3.07. The van der Waals surface area contributed by atoms with E-state index in [1.807, 2.05) is 0 Å². The number of carbonyl (C=O) groups is 2. The molecular weight excluding hydrogens is 375 g/mol. The molecule has 1 aliphatic rings. The molecule has 0 saturated heterocycles. The molecule has 2 aromatic rings. The lowest BCUT2D eigenvalue weighted by molar-refractivity contribution is -0.141. The number of pyridine rings is 1. The van der Waals surface area contributed by atoms with Crippen LogP contribution in [-0.2, 0) is 30.5 Å². The number of carbonyl (C=O) groups excluding carboxylic acids is 2. The molecule has 0 fully saturated rings. The van der Waals surface area contributed by atoms with Crippen LogP contribution in [-0.4, -0.2) is 33.1 Å². The van der Waals surface area contributed by atoms with Crippen molar-refractivity contribution in [1.29, 1.82) is 0 Å². The molecule has 10 heteroatoms. The van der Waals surface area contributed by atoms with Crippen molar-refractivity contribution >= 4 is 11.8 Å². The molecule has 1 aliphatic heterocycles. The number of amides is 2. The molecule has 0 spiro atoms. The van der Waals surface area contributed by atoms with Crippen LogP contribution in [0.5, 0.6) is 0 Å². The highest BCUT2D eigenvalue weighted by Gasteiger charge is 2.32. The first-order valence-corrected chi connectivity index (χ1v) is 8.84. The second-order valence-corrected chi connectivity index (χ2v) is 6.72. The van der Waals surface area contributed by atoms with Gasteiger partial charge in [-0.15, -0.1) is 0 Å². The number of aromatic nitrogens is 3. The summed E-state index contributed by atoms with van der Waals surface area (Å²) in [5.74, 6) is -0.323. The van der Waals surface area contributed by atoms with Crippen LogP contribution in [0.3, 0.4) is 0 Å². The Morgan fingerprint density at radius 1 is 1.29 bits per heavy atom. The lowest BCUT2D eigenvalue weighted by atomic mass is 9.94. The highest BCUT2D eigenvalue weighted by atomic mass is 19.4. The zero-order valence-corrected chi connectivity index (χ0v) is 15.2. The third-order valence-corrected chi connectivity index (χ3v) is 4.59. The van der Waals surface area contributed by atoms with Gasteiger partial charge in [0.15, 0.2) is 0 Å². The van der Waals surface area contributed by atoms with Crippen LogP contribution in [0, 0.1) is 5.92 Å². The molecule has 0 saturated carbocycles. The summed E-state index contributed by atoms with van der Waals surface area (Å²) in [6.45, 7) is 2.49. The second kappa shape index (κ2) is 7.99. The standard InChI is InChI=1S/C18H20F3N5O2/c1-11(27)22-8-12-5-6-26-15(7-12)14(10-24-26)17(28)23-9-13-3-2-4-16(25-13)18(19,20)21/h2-4,10,12H,5-9H2,1H3,(H,22,27)(H,23,28). The molecule has 0 bridgehead atoms.